The van der Waals surface area contributed by atoms with E-state index in [0.29, 0.717) is 12.1 Å². The average molecular weight is 316 g/mol. The summed E-state index contributed by atoms with van der Waals surface area (Å²) in [6, 6.07) is 7.88. The highest BCUT2D eigenvalue weighted by molar-refractivity contribution is 5.38. The fraction of sp³-hybridized carbons (Fsp3) is 0.600. The summed E-state index contributed by atoms with van der Waals surface area (Å²) >= 11 is 0. The van der Waals surface area contributed by atoms with E-state index in [1.807, 2.05) is 6.08 Å². The van der Waals surface area contributed by atoms with Crippen LogP contribution in [-0.4, -0.2) is 48.6 Å². The number of rotatable bonds is 7. The zero-order valence-electron chi connectivity index (χ0n) is 15.2. The van der Waals surface area contributed by atoms with E-state index in [4.69, 9.17) is 4.74 Å². The molecule has 1 atom stereocenters. The molecule has 1 saturated heterocycles. The maximum atomic E-state index is 5.45. The van der Waals surface area contributed by atoms with Crippen molar-refractivity contribution in [1.29, 1.82) is 0 Å². The maximum Gasteiger partial charge on any atom is 0.122 e. The van der Waals surface area contributed by atoms with Crippen molar-refractivity contribution >= 4 is 0 Å². The Bertz CT molecular complexity index is 512. The molecule has 3 heteroatoms. The molecule has 1 aliphatic rings. The molecule has 0 N–H and O–H groups in total. The number of nitrogens with zero attached hydrogens (tertiary/aromatic N) is 2. The summed E-state index contributed by atoms with van der Waals surface area (Å²) < 4.78 is 5.45. The standard InChI is InChI=1S/C20H32N2O/c1-6-8-18-13-17(9-10-20(18)23-5)14-21-11-12-22(16(3)4)19(7-2)15-21/h6,9-10,13,16,19H,1,7-8,11-12,14-15H2,2-5H3. The lowest BCUT2D eigenvalue weighted by molar-refractivity contribution is 0.0456. The Hall–Kier alpha value is -1.32. The molecule has 1 fully saturated rings. The van der Waals surface area contributed by atoms with Gasteiger partial charge in [0.05, 0.1) is 7.11 Å². The number of methoxy groups -OCH3 is 1. The van der Waals surface area contributed by atoms with Crippen LogP contribution >= 0.6 is 0 Å². The molecule has 1 unspecified atom stereocenters. The molecule has 1 aromatic carbocycles. The number of ether oxygens (including phenoxy) is 1. The molecular formula is C20H32N2O. The smallest absolute Gasteiger partial charge is 0.122 e. The first-order valence-corrected chi connectivity index (χ1v) is 8.83. The zero-order valence-corrected chi connectivity index (χ0v) is 15.2. The van der Waals surface area contributed by atoms with Crippen LogP contribution < -0.4 is 4.74 Å². The van der Waals surface area contributed by atoms with E-state index in [1.165, 1.54) is 24.1 Å². The van der Waals surface area contributed by atoms with Gasteiger partial charge in [-0.2, -0.15) is 0 Å². The summed E-state index contributed by atoms with van der Waals surface area (Å²) in [5.41, 5.74) is 2.60. The van der Waals surface area contributed by atoms with Crippen LogP contribution in [0.15, 0.2) is 30.9 Å². The molecule has 1 aliphatic heterocycles. The average Bonchev–Trinajstić information content (AvgIpc) is 2.55. The van der Waals surface area contributed by atoms with E-state index in [-0.39, 0.29) is 0 Å². The molecule has 0 bridgehead atoms. The van der Waals surface area contributed by atoms with E-state index in [2.05, 4.69) is 55.3 Å². The zero-order chi connectivity index (χ0) is 16.8. The third kappa shape index (κ3) is 4.58. The molecule has 23 heavy (non-hydrogen) atoms. The van der Waals surface area contributed by atoms with Crippen LogP contribution in [0.3, 0.4) is 0 Å². The maximum absolute atomic E-state index is 5.45. The molecule has 3 nitrogen and oxygen atoms in total. The van der Waals surface area contributed by atoms with Gasteiger partial charge in [0.1, 0.15) is 5.75 Å². The normalized spacial score (nSPS) is 20.0. The first kappa shape index (κ1) is 18.0. The van der Waals surface area contributed by atoms with Gasteiger partial charge >= 0.3 is 0 Å². The number of hydrogen-bond acceptors (Lipinski definition) is 3. The lowest BCUT2D eigenvalue weighted by Gasteiger charge is -2.43. The largest absolute Gasteiger partial charge is 0.496 e. The van der Waals surface area contributed by atoms with Gasteiger partial charge in [0, 0.05) is 38.3 Å². The lowest BCUT2D eigenvalue weighted by Crippen LogP contribution is -2.54. The summed E-state index contributed by atoms with van der Waals surface area (Å²) in [6.07, 6.45) is 4.02. The minimum Gasteiger partial charge on any atom is -0.496 e. The van der Waals surface area contributed by atoms with Crippen molar-refractivity contribution in [3.63, 3.8) is 0 Å². The highest BCUT2D eigenvalue weighted by Crippen LogP contribution is 2.23. The molecule has 1 aromatic rings. The molecule has 0 amide bonds. The summed E-state index contributed by atoms with van der Waals surface area (Å²) in [5.74, 6) is 0.963. The summed E-state index contributed by atoms with van der Waals surface area (Å²) in [6.45, 7) is 15.3. The molecule has 1 heterocycles. The van der Waals surface area contributed by atoms with Gasteiger partial charge in [0.15, 0.2) is 0 Å². The number of allylic oxidation sites excluding steroid dienone is 1. The number of hydrogen-bond donors (Lipinski definition) is 0. The van der Waals surface area contributed by atoms with Crippen LogP contribution in [0.5, 0.6) is 5.75 Å². The molecule has 0 saturated carbocycles. The summed E-state index contributed by atoms with van der Waals surface area (Å²) in [5, 5.41) is 0. The monoisotopic (exact) mass is 316 g/mol. The molecule has 0 spiro atoms. The van der Waals surface area contributed by atoms with Crippen molar-refractivity contribution < 1.29 is 4.74 Å². The van der Waals surface area contributed by atoms with Crippen molar-refractivity contribution in [2.75, 3.05) is 26.7 Å². The van der Waals surface area contributed by atoms with Gasteiger partial charge < -0.3 is 4.74 Å². The Morgan fingerprint density at radius 1 is 1.35 bits per heavy atom. The molecule has 2 rings (SSSR count). The summed E-state index contributed by atoms with van der Waals surface area (Å²) in [7, 11) is 1.73. The van der Waals surface area contributed by atoms with Crippen molar-refractivity contribution in [3.8, 4) is 5.75 Å². The minimum atomic E-state index is 0.641. The second-order valence-corrected chi connectivity index (χ2v) is 6.77. The topological polar surface area (TPSA) is 15.7 Å². The predicted molar refractivity (Wildman–Crippen MR) is 98.1 cm³/mol. The van der Waals surface area contributed by atoms with E-state index >= 15 is 0 Å². The first-order chi connectivity index (χ1) is 11.1. The van der Waals surface area contributed by atoms with Crippen molar-refractivity contribution in [2.45, 2.75) is 52.2 Å². The van der Waals surface area contributed by atoms with Crippen LogP contribution in [0.25, 0.3) is 0 Å². The van der Waals surface area contributed by atoms with Crippen LogP contribution in [0, 0.1) is 0 Å². The molecule has 0 aromatic heterocycles. The number of benzene rings is 1. The Balaban J connectivity index is 2.05. The van der Waals surface area contributed by atoms with Crippen LogP contribution in [-0.2, 0) is 13.0 Å². The van der Waals surface area contributed by atoms with Gasteiger partial charge in [-0.25, -0.2) is 0 Å². The van der Waals surface area contributed by atoms with E-state index in [0.717, 1.165) is 31.8 Å². The Morgan fingerprint density at radius 3 is 2.74 bits per heavy atom. The quantitative estimate of drug-likeness (QED) is 0.713. The van der Waals surface area contributed by atoms with Gasteiger partial charge in [0.25, 0.3) is 0 Å². The van der Waals surface area contributed by atoms with Gasteiger partial charge in [-0.05, 0) is 43.9 Å². The predicted octanol–water partition coefficient (Wildman–Crippen LogP) is 3.73. The third-order valence-electron chi connectivity index (χ3n) is 4.86. The number of piperazine rings is 1. The Kier molecular flexibility index (Phi) is 6.67. The van der Waals surface area contributed by atoms with Crippen molar-refractivity contribution in [2.24, 2.45) is 0 Å². The van der Waals surface area contributed by atoms with Gasteiger partial charge in [-0.3, -0.25) is 9.80 Å². The highest BCUT2D eigenvalue weighted by Gasteiger charge is 2.27. The van der Waals surface area contributed by atoms with E-state index in [1.54, 1.807) is 7.11 Å². The molecule has 0 radical (unpaired) electrons. The van der Waals surface area contributed by atoms with Crippen LogP contribution in [0.2, 0.25) is 0 Å². The first-order valence-electron chi connectivity index (χ1n) is 8.83. The minimum absolute atomic E-state index is 0.641. The molecular weight excluding hydrogens is 284 g/mol. The second-order valence-electron chi connectivity index (χ2n) is 6.77. The Morgan fingerprint density at radius 2 is 2.13 bits per heavy atom. The SMILES string of the molecule is C=CCc1cc(CN2CCN(C(C)C)C(CC)C2)ccc1OC. The Labute approximate surface area is 141 Å². The fourth-order valence-electron chi connectivity index (χ4n) is 3.62. The summed E-state index contributed by atoms with van der Waals surface area (Å²) in [4.78, 5) is 5.24. The van der Waals surface area contributed by atoms with Crippen LogP contribution in [0.4, 0.5) is 0 Å². The molecule has 0 aliphatic carbocycles. The fourth-order valence-corrected chi connectivity index (χ4v) is 3.62. The van der Waals surface area contributed by atoms with Gasteiger partial charge in [-0.1, -0.05) is 25.1 Å². The highest BCUT2D eigenvalue weighted by atomic mass is 16.5. The van der Waals surface area contributed by atoms with E-state index in [9.17, 15) is 0 Å². The van der Waals surface area contributed by atoms with E-state index < -0.39 is 0 Å². The second kappa shape index (κ2) is 8.51. The van der Waals surface area contributed by atoms with Gasteiger partial charge in [0.2, 0.25) is 0 Å². The van der Waals surface area contributed by atoms with Gasteiger partial charge in [-0.15, -0.1) is 6.58 Å². The van der Waals surface area contributed by atoms with Crippen molar-refractivity contribution in [1.82, 2.24) is 9.80 Å². The lowest BCUT2D eigenvalue weighted by atomic mass is 10.0. The molecule has 128 valence electrons. The van der Waals surface area contributed by atoms with Crippen molar-refractivity contribution in [3.05, 3.63) is 42.0 Å². The third-order valence-corrected chi connectivity index (χ3v) is 4.86. The van der Waals surface area contributed by atoms with Crippen LogP contribution in [0.1, 0.15) is 38.3 Å².